The Kier molecular flexibility index (Phi) is 3.92. The first-order valence-electron chi connectivity index (χ1n) is 6.88. The molecule has 116 valence electrons. The Labute approximate surface area is 131 Å². The number of amides is 2. The molecule has 0 radical (unpaired) electrons. The van der Waals surface area contributed by atoms with E-state index in [1.807, 2.05) is 0 Å². The lowest BCUT2D eigenvalue weighted by Gasteiger charge is -2.09. The van der Waals surface area contributed by atoms with Crippen molar-refractivity contribution in [3.63, 3.8) is 0 Å². The Balaban J connectivity index is 1.80. The van der Waals surface area contributed by atoms with Crippen molar-refractivity contribution in [2.24, 2.45) is 7.05 Å². The highest BCUT2D eigenvalue weighted by Crippen LogP contribution is 2.18. The maximum atomic E-state index is 12.4. The molecule has 2 amide bonds. The molecular weight excluding hydrogens is 296 g/mol. The molecule has 0 spiro atoms. The van der Waals surface area contributed by atoms with E-state index in [9.17, 15) is 9.59 Å². The third kappa shape index (κ3) is 3.29. The number of anilines is 2. The van der Waals surface area contributed by atoms with Gasteiger partial charge in [-0.2, -0.15) is 5.10 Å². The summed E-state index contributed by atoms with van der Waals surface area (Å²) in [5.74, 6) is -0.179. The van der Waals surface area contributed by atoms with Gasteiger partial charge >= 0.3 is 0 Å². The summed E-state index contributed by atoms with van der Waals surface area (Å²) in [6, 6.07) is 11.6. The molecule has 0 aliphatic rings. The summed E-state index contributed by atoms with van der Waals surface area (Å²) >= 11 is 0. The molecule has 0 aliphatic heterocycles. The number of para-hydroxylation sites is 1. The van der Waals surface area contributed by atoms with Crippen LogP contribution in [-0.4, -0.2) is 21.6 Å². The lowest BCUT2D eigenvalue weighted by atomic mass is 10.1. The number of rotatable bonds is 4. The van der Waals surface area contributed by atoms with E-state index < -0.39 is 5.91 Å². The summed E-state index contributed by atoms with van der Waals surface area (Å²) in [5, 5.41) is 9.44. The molecule has 0 bridgehead atoms. The van der Waals surface area contributed by atoms with E-state index in [1.54, 1.807) is 60.4 Å². The summed E-state index contributed by atoms with van der Waals surface area (Å²) < 4.78 is 6.62. The van der Waals surface area contributed by atoms with Gasteiger partial charge in [-0.05, 0) is 24.3 Å². The average molecular weight is 310 g/mol. The normalized spacial score (nSPS) is 10.3. The molecule has 2 heterocycles. The second kappa shape index (κ2) is 6.18. The molecule has 0 aliphatic carbocycles. The Hall–Kier alpha value is -3.35. The van der Waals surface area contributed by atoms with Gasteiger partial charge in [-0.1, -0.05) is 12.1 Å². The Bertz CT molecular complexity index is 837. The van der Waals surface area contributed by atoms with E-state index in [4.69, 9.17) is 4.42 Å². The van der Waals surface area contributed by atoms with Crippen LogP contribution in [0.2, 0.25) is 0 Å². The molecule has 0 unspecified atom stereocenters. The fourth-order valence-electron chi connectivity index (χ4n) is 2.05. The van der Waals surface area contributed by atoms with Gasteiger partial charge in [0.2, 0.25) is 0 Å². The van der Waals surface area contributed by atoms with Crippen LogP contribution in [-0.2, 0) is 7.05 Å². The fourth-order valence-corrected chi connectivity index (χ4v) is 2.05. The van der Waals surface area contributed by atoms with Crippen molar-refractivity contribution in [3.8, 4) is 0 Å². The lowest BCUT2D eigenvalue weighted by Crippen LogP contribution is -2.18. The van der Waals surface area contributed by atoms with Crippen LogP contribution in [0.4, 0.5) is 11.5 Å². The molecule has 0 fully saturated rings. The number of aromatic nitrogens is 2. The topological polar surface area (TPSA) is 89.2 Å². The minimum Gasteiger partial charge on any atom is -0.459 e. The van der Waals surface area contributed by atoms with E-state index in [0.717, 1.165) is 0 Å². The zero-order chi connectivity index (χ0) is 16.2. The first-order chi connectivity index (χ1) is 11.1. The van der Waals surface area contributed by atoms with Gasteiger partial charge in [0.05, 0.1) is 17.5 Å². The fraction of sp³-hybridized carbons (Fsp3) is 0.0625. The smallest absolute Gasteiger partial charge is 0.291 e. The Morgan fingerprint density at radius 3 is 2.57 bits per heavy atom. The minimum absolute atomic E-state index is 0.171. The molecule has 0 saturated carbocycles. The number of hydrogen-bond donors (Lipinski definition) is 2. The molecule has 7 heteroatoms. The molecule has 23 heavy (non-hydrogen) atoms. The van der Waals surface area contributed by atoms with Crippen LogP contribution >= 0.6 is 0 Å². The Morgan fingerprint density at radius 2 is 1.87 bits per heavy atom. The monoisotopic (exact) mass is 310 g/mol. The summed E-state index contributed by atoms with van der Waals surface area (Å²) in [6.45, 7) is 0. The number of benzene rings is 1. The predicted molar refractivity (Wildman–Crippen MR) is 84.3 cm³/mol. The highest BCUT2D eigenvalue weighted by molar-refractivity contribution is 6.11. The molecule has 0 saturated heterocycles. The molecule has 3 rings (SSSR count). The van der Waals surface area contributed by atoms with Crippen molar-refractivity contribution in [1.29, 1.82) is 0 Å². The van der Waals surface area contributed by atoms with Gasteiger partial charge in [0.1, 0.15) is 0 Å². The van der Waals surface area contributed by atoms with Crippen LogP contribution in [0.5, 0.6) is 0 Å². The molecule has 0 atom stereocenters. The van der Waals surface area contributed by atoms with Crippen molar-refractivity contribution < 1.29 is 14.0 Å². The van der Waals surface area contributed by atoms with Gasteiger partial charge in [0.15, 0.2) is 11.6 Å². The van der Waals surface area contributed by atoms with Crippen LogP contribution in [0, 0.1) is 0 Å². The molecule has 2 aromatic heterocycles. The van der Waals surface area contributed by atoms with E-state index in [2.05, 4.69) is 15.7 Å². The number of carbonyl (C=O) groups excluding carboxylic acids is 2. The SMILES string of the molecule is Cn1ccc(NC(=O)c2ccccc2NC(=O)c2ccco2)n1. The van der Waals surface area contributed by atoms with Crippen LogP contribution in [0.15, 0.2) is 59.3 Å². The zero-order valence-electron chi connectivity index (χ0n) is 12.3. The quantitative estimate of drug-likeness (QED) is 0.775. The lowest BCUT2D eigenvalue weighted by molar-refractivity contribution is 0.0996. The van der Waals surface area contributed by atoms with Crippen LogP contribution < -0.4 is 10.6 Å². The minimum atomic E-state index is -0.423. The first kappa shape index (κ1) is 14.6. The van der Waals surface area contributed by atoms with Gasteiger partial charge < -0.3 is 15.1 Å². The second-order valence-electron chi connectivity index (χ2n) is 4.81. The number of nitrogens with zero attached hydrogens (tertiary/aromatic N) is 2. The average Bonchev–Trinajstić information content (AvgIpc) is 3.19. The molecular formula is C16H14N4O3. The van der Waals surface area contributed by atoms with Gasteiger partial charge in [0.25, 0.3) is 11.8 Å². The standard InChI is InChI=1S/C16H14N4O3/c1-20-9-8-14(19-20)18-15(21)11-5-2-3-6-12(11)17-16(22)13-7-4-10-23-13/h2-10H,1H3,(H,17,22)(H,18,19,21). The van der Waals surface area contributed by atoms with Gasteiger partial charge in [-0.3, -0.25) is 14.3 Å². The van der Waals surface area contributed by atoms with Crippen LogP contribution in [0.25, 0.3) is 0 Å². The van der Waals surface area contributed by atoms with E-state index in [1.165, 1.54) is 6.26 Å². The summed E-state index contributed by atoms with van der Waals surface area (Å²) in [4.78, 5) is 24.4. The van der Waals surface area contributed by atoms with Crippen LogP contribution in [0.1, 0.15) is 20.9 Å². The summed E-state index contributed by atoms with van der Waals surface area (Å²) in [7, 11) is 1.76. The highest BCUT2D eigenvalue weighted by atomic mass is 16.3. The Morgan fingerprint density at radius 1 is 1.04 bits per heavy atom. The summed E-state index contributed by atoms with van der Waals surface area (Å²) in [6.07, 6.45) is 3.13. The van der Waals surface area contributed by atoms with Crippen molar-refractivity contribution in [2.75, 3.05) is 10.6 Å². The molecule has 2 N–H and O–H groups in total. The van der Waals surface area contributed by atoms with Crippen molar-refractivity contribution in [1.82, 2.24) is 9.78 Å². The third-order valence-corrected chi connectivity index (χ3v) is 3.12. The molecule has 3 aromatic rings. The number of furan rings is 1. The zero-order valence-corrected chi connectivity index (χ0v) is 12.3. The van der Waals surface area contributed by atoms with E-state index in [-0.39, 0.29) is 11.7 Å². The van der Waals surface area contributed by atoms with Gasteiger partial charge in [-0.25, -0.2) is 0 Å². The number of hydrogen-bond acceptors (Lipinski definition) is 4. The second-order valence-corrected chi connectivity index (χ2v) is 4.81. The number of aryl methyl sites for hydroxylation is 1. The van der Waals surface area contributed by atoms with E-state index in [0.29, 0.717) is 17.1 Å². The maximum absolute atomic E-state index is 12.4. The van der Waals surface area contributed by atoms with Gasteiger partial charge in [-0.15, -0.1) is 0 Å². The van der Waals surface area contributed by atoms with Crippen molar-refractivity contribution in [3.05, 3.63) is 66.2 Å². The maximum Gasteiger partial charge on any atom is 0.291 e. The first-order valence-corrected chi connectivity index (χ1v) is 6.88. The van der Waals surface area contributed by atoms with Crippen LogP contribution in [0.3, 0.4) is 0 Å². The molecule has 7 nitrogen and oxygen atoms in total. The third-order valence-electron chi connectivity index (χ3n) is 3.12. The largest absolute Gasteiger partial charge is 0.459 e. The molecule has 1 aromatic carbocycles. The van der Waals surface area contributed by atoms with Crippen molar-refractivity contribution >= 4 is 23.3 Å². The van der Waals surface area contributed by atoms with E-state index >= 15 is 0 Å². The summed E-state index contributed by atoms with van der Waals surface area (Å²) in [5.41, 5.74) is 0.723. The van der Waals surface area contributed by atoms with Gasteiger partial charge in [0, 0.05) is 19.3 Å². The number of carbonyl (C=O) groups is 2. The number of nitrogens with one attached hydrogen (secondary N) is 2. The highest BCUT2D eigenvalue weighted by Gasteiger charge is 2.16. The predicted octanol–water partition coefficient (Wildman–Crippen LogP) is 2.52. The van der Waals surface area contributed by atoms with Crippen molar-refractivity contribution in [2.45, 2.75) is 0 Å².